The van der Waals surface area contributed by atoms with E-state index in [1.807, 2.05) is 0 Å². The molecule has 0 aromatic carbocycles. The first-order valence-electron chi connectivity index (χ1n) is 4.83. The number of hydrogen-bond acceptors (Lipinski definition) is 2. The van der Waals surface area contributed by atoms with Crippen LogP contribution in [0.5, 0.6) is 0 Å². The minimum atomic E-state index is 0.623. The van der Waals surface area contributed by atoms with Gasteiger partial charge in [-0.25, -0.2) is 0 Å². The minimum absolute atomic E-state index is 0.623. The Morgan fingerprint density at radius 1 is 1.50 bits per heavy atom. The molecular weight excluding hydrogens is 148 g/mol. The third-order valence-corrected chi connectivity index (χ3v) is 2.77. The molecule has 0 aromatic heterocycles. The molecule has 1 unspecified atom stereocenters. The minimum Gasteiger partial charge on any atom is -0.365 e. The summed E-state index contributed by atoms with van der Waals surface area (Å²) >= 11 is 0. The van der Waals surface area contributed by atoms with Crippen LogP contribution in [0.1, 0.15) is 27.2 Å². The van der Waals surface area contributed by atoms with Crippen LogP contribution in [0, 0.1) is 0 Å². The SMILES string of the molecule is CCC1=CN(CC)CN(C)C1C. The molecule has 0 amide bonds. The Kier molecular flexibility index (Phi) is 3.15. The highest BCUT2D eigenvalue weighted by atomic mass is 15.3. The van der Waals surface area contributed by atoms with Gasteiger partial charge < -0.3 is 4.90 Å². The Morgan fingerprint density at radius 3 is 2.67 bits per heavy atom. The van der Waals surface area contributed by atoms with Crippen LogP contribution in [0.2, 0.25) is 0 Å². The zero-order valence-electron chi connectivity index (χ0n) is 8.67. The van der Waals surface area contributed by atoms with E-state index in [0.717, 1.165) is 13.2 Å². The molecule has 0 fully saturated rings. The maximum absolute atomic E-state index is 2.39. The van der Waals surface area contributed by atoms with Gasteiger partial charge in [-0.3, -0.25) is 4.90 Å². The second-order valence-corrected chi connectivity index (χ2v) is 3.54. The molecule has 1 rings (SSSR count). The van der Waals surface area contributed by atoms with E-state index in [1.54, 1.807) is 5.57 Å². The van der Waals surface area contributed by atoms with Crippen molar-refractivity contribution >= 4 is 0 Å². The van der Waals surface area contributed by atoms with Gasteiger partial charge in [-0.1, -0.05) is 6.92 Å². The maximum Gasteiger partial charge on any atom is 0.0703 e. The lowest BCUT2D eigenvalue weighted by Crippen LogP contribution is -2.43. The van der Waals surface area contributed by atoms with Gasteiger partial charge in [0.2, 0.25) is 0 Å². The summed E-state index contributed by atoms with van der Waals surface area (Å²) in [6.07, 6.45) is 3.49. The van der Waals surface area contributed by atoms with Gasteiger partial charge >= 0.3 is 0 Å². The number of rotatable bonds is 2. The first-order valence-corrected chi connectivity index (χ1v) is 4.83. The van der Waals surface area contributed by atoms with E-state index in [0.29, 0.717) is 6.04 Å². The molecule has 0 aliphatic carbocycles. The molecule has 0 bridgehead atoms. The highest BCUT2D eigenvalue weighted by molar-refractivity contribution is 5.11. The van der Waals surface area contributed by atoms with E-state index in [9.17, 15) is 0 Å². The van der Waals surface area contributed by atoms with Gasteiger partial charge in [0.1, 0.15) is 0 Å². The standard InChI is InChI=1S/C10H20N2/c1-5-10-7-12(6-2)8-11(4)9(10)3/h7,9H,5-6,8H2,1-4H3. The fourth-order valence-corrected chi connectivity index (χ4v) is 1.65. The van der Waals surface area contributed by atoms with Gasteiger partial charge in [-0.2, -0.15) is 0 Å². The predicted molar refractivity (Wildman–Crippen MR) is 52.8 cm³/mol. The van der Waals surface area contributed by atoms with Crippen LogP contribution in [-0.4, -0.2) is 36.1 Å². The molecule has 0 aromatic rings. The highest BCUT2D eigenvalue weighted by Crippen LogP contribution is 2.18. The smallest absolute Gasteiger partial charge is 0.0703 e. The van der Waals surface area contributed by atoms with Crippen LogP contribution in [-0.2, 0) is 0 Å². The van der Waals surface area contributed by atoms with Crippen molar-refractivity contribution in [3.63, 3.8) is 0 Å². The first-order chi connectivity index (χ1) is 5.69. The summed E-state index contributed by atoms with van der Waals surface area (Å²) in [5.41, 5.74) is 1.55. The van der Waals surface area contributed by atoms with Gasteiger partial charge in [0, 0.05) is 18.8 Å². The molecule has 2 nitrogen and oxygen atoms in total. The summed E-state index contributed by atoms with van der Waals surface area (Å²) in [5.74, 6) is 0. The fourth-order valence-electron chi connectivity index (χ4n) is 1.65. The molecule has 2 heteroatoms. The van der Waals surface area contributed by atoms with Gasteiger partial charge in [0.15, 0.2) is 0 Å². The summed E-state index contributed by atoms with van der Waals surface area (Å²) in [5, 5.41) is 0. The van der Waals surface area contributed by atoms with Crippen LogP contribution >= 0.6 is 0 Å². The van der Waals surface area contributed by atoms with Crippen LogP contribution in [0.4, 0.5) is 0 Å². The Balaban J connectivity index is 2.72. The molecule has 0 saturated carbocycles. The van der Waals surface area contributed by atoms with Crippen molar-refractivity contribution in [2.24, 2.45) is 0 Å². The highest BCUT2D eigenvalue weighted by Gasteiger charge is 2.19. The Bertz CT molecular complexity index is 175. The molecule has 0 radical (unpaired) electrons. The Labute approximate surface area is 75.8 Å². The van der Waals surface area contributed by atoms with Crippen LogP contribution in [0.3, 0.4) is 0 Å². The normalized spacial score (nSPS) is 25.8. The molecule has 0 N–H and O–H groups in total. The second kappa shape index (κ2) is 3.94. The monoisotopic (exact) mass is 168 g/mol. The third kappa shape index (κ3) is 1.81. The Hall–Kier alpha value is -0.500. The van der Waals surface area contributed by atoms with E-state index < -0.39 is 0 Å². The molecule has 1 aliphatic rings. The molecule has 12 heavy (non-hydrogen) atoms. The quantitative estimate of drug-likeness (QED) is 0.621. The lowest BCUT2D eigenvalue weighted by Gasteiger charge is -2.37. The largest absolute Gasteiger partial charge is 0.365 e. The average molecular weight is 168 g/mol. The Morgan fingerprint density at radius 2 is 2.17 bits per heavy atom. The number of nitrogens with zero attached hydrogens (tertiary/aromatic N) is 2. The maximum atomic E-state index is 2.39. The van der Waals surface area contributed by atoms with E-state index in [1.165, 1.54) is 6.42 Å². The van der Waals surface area contributed by atoms with E-state index in [4.69, 9.17) is 0 Å². The lowest BCUT2D eigenvalue weighted by molar-refractivity contribution is 0.156. The van der Waals surface area contributed by atoms with Gasteiger partial charge in [0.05, 0.1) is 6.67 Å². The van der Waals surface area contributed by atoms with Crippen molar-refractivity contribution in [2.75, 3.05) is 20.3 Å². The lowest BCUT2D eigenvalue weighted by atomic mass is 10.0. The zero-order chi connectivity index (χ0) is 9.14. The number of likely N-dealkylation sites (N-methyl/N-ethyl adjacent to an activating group) is 1. The van der Waals surface area contributed by atoms with Gasteiger partial charge in [-0.05, 0) is 32.9 Å². The summed E-state index contributed by atoms with van der Waals surface area (Å²) in [6, 6.07) is 0.623. The van der Waals surface area contributed by atoms with Crippen molar-refractivity contribution in [1.29, 1.82) is 0 Å². The molecule has 0 saturated heterocycles. The van der Waals surface area contributed by atoms with Crippen molar-refractivity contribution in [3.8, 4) is 0 Å². The van der Waals surface area contributed by atoms with Gasteiger partial charge in [-0.15, -0.1) is 0 Å². The summed E-state index contributed by atoms with van der Waals surface area (Å²) in [7, 11) is 2.19. The van der Waals surface area contributed by atoms with Crippen molar-refractivity contribution in [2.45, 2.75) is 33.2 Å². The van der Waals surface area contributed by atoms with E-state index >= 15 is 0 Å². The van der Waals surface area contributed by atoms with Crippen molar-refractivity contribution in [1.82, 2.24) is 9.80 Å². The molecular formula is C10H20N2. The first kappa shape index (κ1) is 9.59. The van der Waals surface area contributed by atoms with Crippen LogP contribution in [0.15, 0.2) is 11.8 Å². The number of hydrogen-bond donors (Lipinski definition) is 0. The van der Waals surface area contributed by atoms with Crippen LogP contribution in [0.25, 0.3) is 0 Å². The average Bonchev–Trinajstić information content (AvgIpc) is 2.09. The fraction of sp³-hybridized carbons (Fsp3) is 0.800. The molecule has 0 spiro atoms. The molecule has 70 valence electrons. The van der Waals surface area contributed by atoms with E-state index in [2.05, 4.69) is 43.8 Å². The summed E-state index contributed by atoms with van der Waals surface area (Å²) < 4.78 is 0. The summed E-state index contributed by atoms with van der Waals surface area (Å²) in [6.45, 7) is 8.90. The topological polar surface area (TPSA) is 6.48 Å². The predicted octanol–water partition coefficient (Wildman–Crippen LogP) is 1.89. The van der Waals surface area contributed by atoms with Crippen molar-refractivity contribution < 1.29 is 0 Å². The molecule has 1 heterocycles. The third-order valence-electron chi connectivity index (χ3n) is 2.77. The molecule has 1 atom stereocenters. The molecule has 1 aliphatic heterocycles. The zero-order valence-corrected chi connectivity index (χ0v) is 8.67. The van der Waals surface area contributed by atoms with Crippen molar-refractivity contribution in [3.05, 3.63) is 11.8 Å². The second-order valence-electron chi connectivity index (χ2n) is 3.54. The van der Waals surface area contributed by atoms with Gasteiger partial charge in [0.25, 0.3) is 0 Å². The summed E-state index contributed by atoms with van der Waals surface area (Å²) in [4.78, 5) is 4.75. The van der Waals surface area contributed by atoms with Crippen LogP contribution < -0.4 is 0 Å². The van der Waals surface area contributed by atoms with E-state index in [-0.39, 0.29) is 0 Å².